The lowest BCUT2D eigenvalue weighted by molar-refractivity contribution is -0.135. The quantitative estimate of drug-likeness (QED) is 0.907. The van der Waals surface area contributed by atoms with Gasteiger partial charge in [-0.15, -0.1) is 0 Å². The third kappa shape index (κ3) is 3.67. The van der Waals surface area contributed by atoms with Gasteiger partial charge in [-0.05, 0) is 44.4 Å². The maximum absolute atomic E-state index is 12.9. The molecule has 4 heterocycles. The summed E-state index contributed by atoms with van der Waals surface area (Å²) in [6.45, 7) is 3.71. The molecule has 2 aromatic heterocycles. The fourth-order valence-electron chi connectivity index (χ4n) is 4.07. The lowest BCUT2D eigenvalue weighted by Gasteiger charge is -2.34. The van der Waals surface area contributed by atoms with E-state index in [4.69, 9.17) is 5.10 Å². The van der Waals surface area contributed by atoms with Crippen LogP contribution in [0.25, 0.3) is 0 Å². The number of fused-ring (bicyclic) bond motifs is 1. The second kappa shape index (κ2) is 7.61. The molecular weight excluding hydrogens is 328 g/mol. The Kier molecular flexibility index (Phi) is 5.06. The molecule has 1 saturated heterocycles. The number of aryl methyl sites for hydroxylation is 3. The van der Waals surface area contributed by atoms with Gasteiger partial charge in [0.2, 0.25) is 5.91 Å². The third-order valence-electron chi connectivity index (χ3n) is 5.44. The molecule has 0 unspecified atom stereocenters. The van der Waals surface area contributed by atoms with Crippen LogP contribution >= 0.6 is 0 Å². The van der Waals surface area contributed by atoms with E-state index in [1.54, 1.807) is 0 Å². The lowest BCUT2D eigenvalue weighted by atomic mass is 9.98. The smallest absolute Gasteiger partial charge is 0.223 e. The SMILES string of the molecule is Cn1ccc([C@@H]2CCCCN2C(=O)CCc2cc3n(n2)CCCNC3)n1. The van der Waals surface area contributed by atoms with E-state index < -0.39 is 0 Å². The van der Waals surface area contributed by atoms with Gasteiger partial charge in [-0.25, -0.2) is 0 Å². The summed E-state index contributed by atoms with van der Waals surface area (Å²) in [4.78, 5) is 14.9. The first-order chi connectivity index (χ1) is 12.7. The molecule has 1 amide bonds. The van der Waals surface area contributed by atoms with Crippen LogP contribution in [0.2, 0.25) is 0 Å². The number of rotatable bonds is 4. The summed E-state index contributed by atoms with van der Waals surface area (Å²) < 4.78 is 3.91. The topological polar surface area (TPSA) is 68.0 Å². The van der Waals surface area contributed by atoms with Crippen molar-refractivity contribution in [2.24, 2.45) is 7.05 Å². The molecule has 2 aromatic rings. The van der Waals surface area contributed by atoms with E-state index in [9.17, 15) is 4.79 Å². The number of piperidine rings is 1. The average Bonchev–Trinajstić information content (AvgIpc) is 3.20. The summed E-state index contributed by atoms with van der Waals surface area (Å²) in [5, 5.41) is 12.7. The molecule has 7 nitrogen and oxygen atoms in total. The lowest BCUT2D eigenvalue weighted by Crippen LogP contribution is -2.38. The van der Waals surface area contributed by atoms with E-state index in [0.29, 0.717) is 12.8 Å². The van der Waals surface area contributed by atoms with E-state index in [2.05, 4.69) is 21.2 Å². The molecule has 0 radical (unpaired) electrons. The fourth-order valence-corrected chi connectivity index (χ4v) is 4.07. The van der Waals surface area contributed by atoms with Crippen LogP contribution in [0.1, 0.15) is 55.2 Å². The van der Waals surface area contributed by atoms with Crippen molar-refractivity contribution in [3.63, 3.8) is 0 Å². The highest BCUT2D eigenvalue weighted by Crippen LogP contribution is 2.30. The van der Waals surface area contributed by atoms with Crippen molar-refractivity contribution in [3.05, 3.63) is 35.4 Å². The van der Waals surface area contributed by atoms with E-state index in [-0.39, 0.29) is 11.9 Å². The van der Waals surface area contributed by atoms with Gasteiger partial charge in [0.05, 0.1) is 23.1 Å². The van der Waals surface area contributed by atoms with Crippen LogP contribution in [-0.4, -0.2) is 43.5 Å². The Morgan fingerprint density at radius 3 is 3.04 bits per heavy atom. The molecule has 7 heteroatoms. The summed E-state index contributed by atoms with van der Waals surface area (Å²) in [6, 6.07) is 4.31. The Balaban J connectivity index is 1.40. The molecule has 0 bridgehead atoms. The highest BCUT2D eigenvalue weighted by atomic mass is 16.2. The van der Waals surface area contributed by atoms with Crippen LogP contribution in [-0.2, 0) is 31.4 Å². The fraction of sp³-hybridized carbons (Fsp3) is 0.632. The Hall–Kier alpha value is -2.15. The number of aromatic nitrogens is 4. The summed E-state index contributed by atoms with van der Waals surface area (Å²) in [5.41, 5.74) is 3.28. The third-order valence-corrected chi connectivity index (χ3v) is 5.44. The first kappa shape index (κ1) is 17.3. The Bertz CT molecular complexity index is 740. The van der Waals surface area contributed by atoms with Gasteiger partial charge >= 0.3 is 0 Å². The first-order valence-electron chi connectivity index (χ1n) is 9.76. The predicted molar refractivity (Wildman–Crippen MR) is 98.4 cm³/mol. The zero-order valence-corrected chi connectivity index (χ0v) is 15.5. The molecule has 0 spiro atoms. The van der Waals surface area contributed by atoms with Crippen LogP contribution in [0.5, 0.6) is 0 Å². The number of nitrogens with zero attached hydrogens (tertiary/aromatic N) is 5. The maximum Gasteiger partial charge on any atom is 0.223 e. The van der Waals surface area contributed by atoms with Gasteiger partial charge in [0.1, 0.15) is 0 Å². The number of likely N-dealkylation sites (tertiary alicyclic amines) is 1. The molecule has 0 aromatic carbocycles. The summed E-state index contributed by atoms with van der Waals surface area (Å²) in [6.07, 6.45) is 7.54. The highest BCUT2D eigenvalue weighted by molar-refractivity contribution is 5.77. The molecule has 1 atom stereocenters. The molecule has 2 aliphatic rings. The van der Waals surface area contributed by atoms with Crippen molar-refractivity contribution in [2.45, 2.75) is 57.7 Å². The number of hydrogen-bond donors (Lipinski definition) is 1. The molecule has 140 valence electrons. The Labute approximate surface area is 154 Å². The van der Waals surface area contributed by atoms with Gasteiger partial charge in [0.25, 0.3) is 0 Å². The van der Waals surface area contributed by atoms with Gasteiger partial charge < -0.3 is 10.2 Å². The van der Waals surface area contributed by atoms with E-state index in [0.717, 1.165) is 63.3 Å². The monoisotopic (exact) mass is 356 g/mol. The first-order valence-corrected chi connectivity index (χ1v) is 9.76. The average molecular weight is 356 g/mol. The zero-order valence-electron chi connectivity index (χ0n) is 15.5. The number of carbonyl (C=O) groups is 1. The predicted octanol–water partition coefficient (Wildman–Crippen LogP) is 1.80. The molecule has 2 aliphatic heterocycles. The van der Waals surface area contributed by atoms with Crippen molar-refractivity contribution in [1.82, 2.24) is 29.8 Å². The van der Waals surface area contributed by atoms with Gasteiger partial charge in [-0.1, -0.05) is 0 Å². The van der Waals surface area contributed by atoms with E-state index in [1.807, 2.05) is 28.9 Å². The van der Waals surface area contributed by atoms with Gasteiger partial charge in [-0.3, -0.25) is 14.2 Å². The summed E-state index contributed by atoms with van der Waals surface area (Å²) in [5.74, 6) is 0.224. The molecule has 26 heavy (non-hydrogen) atoms. The number of hydrogen-bond acceptors (Lipinski definition) is 4. The summed E-state index contributed by atoms with van der Waals surface area (Å²) in [7, 11) is 1.93. The Morgan fingerprint density at radius 1 is 1.27 bits per heavy atom. The largest absolute Gasteiger partial charge is 0.334 e. The molecule has 1 N–H and O–H groups in total. The minimum absolute atomic E-state index is 0.125. The van der Waals surface area contributed by atoms with Crippen LogP contribution < -0.4 is 5.32 Å². The molecule has 1 fully saturated rings. The van der Waals surface area contributed by atoms with Crippen molar-refractivity contribution < 1.29 is 4.79 Å². The van der Waals surface area contributed by atoms with Crippen molar-refractivity contribution in [2.75, 3.05) is 13.1 Å². The van der Waals surface area contributed by atoms with Crippen LogP contribution in [0.3, 0.4) is 0 Å². The molecule has 0 aliphatic carbocycles. The number of carbonyl (C=O) groups excluding carboxylic acids is 1. The minimum Gasteiger partial charge on any atom is -0.334 e. The van der Waals surface area contributed by atoms with Crippen LogP contribution in [0.15, 0.2) is 18.3 Å². The second-order valence-corrected chi connectivity index (χ2v) is 7.39. The van der Waals surface area contributed by atoms with Crippen molar-refractivity contribution in [3.8, 4) is 0 Å². The highest BCUT2D eigenvalue weighted by Gasteiger charge is 2.29. The van der Waals surface area contributed by atoms with E-state index in [1.165, 1.54) is 5.69 Å². The number of nitrogens with one attached hydrogen (secondary N) is 1. The molecular formula is C19H28N6O. The standard InChI is InChI=1S/C19H28N6O/c1-23-12-8-17(22-23)18-5-2-3-10-24(18)19(26)7-6-15-13-16-14-20-9-4-11-25(16)21-15/h8,12-13,18,20H,2-7,9-11,14H2,1H3/t18-/m0/s1. The molecule has 0 saturated carbocycles. The Morgan fingerprint density at radius 2 is 2.19 bits per heavy atom. The zero-order chi connectivity index (χ0) is 17.9. The van der Waals surface area contributed by atoms with E-state index >= 15 is 0 Å². The van der Waals surface area contributed by atoms with Crippen LogP contribution in [0, 0.1) is 0 Å². The normalized spacial score (nSPS) is 20.7. The van der Waals surface area contributed by atoms with Crippen LogP contribution in [0.4, 0.5) is 0 Å². The summed E-state index contributed by atoms with van der Waals surface area (Å²) >= 11 is 0. The maximum atomic E-state index is 12.9. The number of amides is 1. The van der Waals surface area contributed by atoms with Crippen molar-refractivity contribution in [1.29, 1.82) is 0 Å². The minimum atomic E-state index is 0.125. The second-order valence-electron chi connectivity index (χ2n) is 7.39. The van der Waals surface area contributed by atoms with Gasteiger partial charge in [0.15, 0.2) is 0 Å². The molecule has 4 rings (SSSR count). The van der Waals surface area contributed by atoms with Gasteiger partial charge in [0, 0.05) is 45.7 Å². The van der Waals surface area contributed by atoms with Crippen molar-refractivity contribution >= 4 is 5.91 Å². The van der Waals surface area contributed by atoms with Gasteiger partial charge in [-0.2, -0.15) is 10.2 Å².